The van der Waals surface area contributed by atoms with E-state index in [2.05, 4.69) is 29.6 Å². The molecule has 1 atom stereocenters. The van der Waals surface area contributed by atoms with E-state index in [9.17, 15) is 0 Å². The maximum atomic E-state index is 5.59. The van der Waals surface area contributed by atoms with E-state index in [1.807, 2.05) is 4.68 Å². The highest BCUT2D eigenvalue weighted by Gasteiger charge is 2.15. The Kier molecular flexibility index (Phi) is 4.36. The average Bonchev–Trinajstić information content (AvgIpc) is 2.95. The Morgan fingerprint density at radius 3 is 3.31 bits per heavy atom. The Bertz CT molecular complexity index is 305. The van der Waals surface area contributed by atoms with E-state index in [0.29, 0.717) is 6.10 Å². The van der Waals surface area contributed by atoms with Gasteiger partial charge in [-0.25, -0.2) is 0 Å². The molecule has 2 rings (SSSR count). The summed E-state index contributed by atoms with van der Waals surface area (Å²) >= 11 is 0. The van der Waals surface area contributed by atoms with Crippen molar-refractivity contribution in [2.45, 2.75) is 45.4 Å². The van der Waals surface area contributed by atoms with E-state index in [1.54, 1.807) is 0 Å². The molecule has 0 amide bonds. The van der Waals surface area contributed by atoms with Gasteiger partial charge < -0.3 is 10.1 Å². The molecule has 1 aromatic heterocycles. The molecule has 4 heteroatoms. The second-order valence-corrected chi connectivity index (χ2v) is 4.27. The van der Waals surface area contributed by atoms with Gasteiger partial charge in [0.1, 0.15) is 0 Å². The van der Waals surface area contributed by atoms with Gasteiger partial charge in [-0.1, -0.05) is 6.92 Å². The van der Waals surface area contributed by atoms with Crippen LogP contribution in [0.1, 0.15) is 31.9 Å². The smallest absolute Gasteiger partial charge is 0.0762 e. The Labute approximate surface area is 97.0 Å². The lowest BCUT2D eigenvalue weighted by molar-refractivity contribution is 0.0994. The monoisotopic (exact) mass is 223 g/mol. The van der Waals surface area contributed by atoms with Crippen LogP contribution in [0.3, 0.4) is 0 Å². The van der Waals surface area contributed by atoms with Crippen LogP contribution in [-0.4, -0.2) is 29.0 Å². The van der Waals surface area contributed by atoms with Crippen LogP contribution in [0.25, 0.3) is 0 Å². The Balaban J connectivity index is 1.73. The standard InChI is InChI=1S/C12H21N3O/c1-2-13-10-11-5-7-15(14-11)8-6-12-4-3-9-16-12/h5,7,12-13H,2-4,6,8-10H2,1H3. The minimum atomic E-state index is 0.460. The van der Waals surface area contributed by atoms with Gasteiger partial charge >= 0.3 is 0 Å². The lowest BCUT2D eigenvalue weighted by Gasteiger charge is -2.08. The molecule has 1 aliphatic heterocycles. The largest absolute Gasteiger partial charge is 0.378 e. The van der Waals surface area contributed by atoms with E-state index >= 15 is 0 Å². The Morgan fingerprint density at radius 2 is 2.56 bits per heavy atom. The minimum absolute atomic E-state index is 0.460. The molecule has 90 valence electrons. The fourth-order valence-corrected chi connectivity index (χ4v) is 2.02. The van der Waals surface area contributed by atoms with Crippen LogP contribution >= 0.6 is 0 Å². The third-order valence-corrected chi connectivity index (χ3v) is 2.96. The number of hydrogen-bond donors (Lipinski definition) is 1. The molecular weight excluding hydrogens is 202 g/mol. The summed E-state index contributed by atoms with van der Waals surface area (Å²) in [6.07, 6.45) is 6.03. The second kappa shape index (κ2) is 6.01. The molecule has 1 saturated heterocycles. The molecule has 1 aliphatic rings. The van der Waals surface area contributed by atoms with Crippen LogP contribution in [-0.2, 0) is 17.8 Å². The molecule has 0 spiro atoms. The Morgan fingerprint density at radius 1 is 1.62 bits per heavy atom. The zero-order valence-corrected chi connectivity index (χ0v) is 9.98. The van der Waals surface area contributed by atoms with Crippen molar-refractivity contribution in [3.8, 4) is 0 Å². The van der Waals surface area contributed by atoms with E-state index in [4.69, 9.17) is 4.74 Å². The van der Waals surface area contributed by atoms with E-state index in [1.165, 1.54) is 12.8 Å². The number of rotatable bonds is 6. The molecule has 0 saturated carbocycles. The van der Waals surface area contributed by atoms with Crippen molar-refractivity contribution in [1.82, 2.24) is 15.1 Å². The molecule has 16 heavy (non-hydrogen) atoms. The van der Waals surface area contributed by atoms with Crippen molar-refractivity contribution in [1.29, 1.82) is 0 Å². The van der Waals surface area contributed by atoms with Crippen LogP contribution in [0.4, 0.5) is 0 Å². The van der Waals surface area contributed by atoms with Gasteiger partial charge in [-0.15, -0.1) is 0 Å². The summed E-state index contributed by atoms with van der Waals surface area (Å²) < 4.78 is 7.62. The number of nitrogens with one attached hydrogen (secondary N) is 1. The summed E-state index contributed by atoms with van der Waals surface area (Å²) in [6, 6.07) is 2.08. The summed E-state index contributed by atoms with van der Waals surface area (Å²) in [5.74, 6) is 0. The number of hydrogen-bond acceptors (Lipinski definition) is 3. The summed E-state index contributed by atoms with van der Waals surface area (Å²) in [5.41, 5.74) is 1.12. The van der Waals surface area contributed by atoms with Gasteiger partial charge in [0.25, 0.3) is 0 Å². The number of nitrogens with zero attached hydrogens (tertiary/aromatic N) is 2. The van der Waals surface area contributed by atoms with Crippen molar-refractivity contribution in [2.24, 2.45) is 0 Å². The highest BCUT2D eigenvalue weighted by Crippen LogP contribution is 2.15. The zero-order valence-electron chi connectivity index (χ0n) is 9.98. The van der Waals surface area contributed by atoms with Crippen LogP contribution in [0.15, 0.2) is 12.3 Å². The molecule has 1 fully saturated rings. The molecule has 1 unspecified atom stereocenters. The van der Waals surface area contributed by atoms with Gasteiger partial charge in [0.05, 0.1) is 11.8 Å². The minimum Gasteiger partial charge on any atom is -0.378 e. The number of aryl methyl sites for hydroxylation is 1. The van der Waals surface area contributed by atoms with Crippen LogP contribution in [0, 0.1) is 0 Å². The SMILES string of the molecule is CCNCc1ccn(CCC2CCCO2)n1. The molecule has 2 heterocycles. The van der Waals surface area contributed by atoms with Gasteiger partial charge in [0, 0.05) is 25.9 Å². The van der Waals surface area contributed by atoms with Crippen LogP contribution in [0.5, 0.6) is 0 Å². The highest BCUT2D eigenvalue weighted by molar-refractivity contribution is 4.98. The predicted octanol–water partition coefficient (Wildman–Crippen LogP) is 1.56. The first-order chi connectivity index (χ1) is 7.88. The fourth-order valence-electron chi connectivity index (χ4n) is 2.02. The van der Waals surface area contributed by atoms with Crippen molar-refractivity contribution in [3.05, 3.63) is 18.0 Å². The predicted molar refractivity (Wildman–Crippen MR) is 63.2 cm³/mol. The third kappa shape index (κ3) is 3.32. The zero-order chi connectivity index (χ0) is 11.2. The quantitative estimate of drug-likeness (QED) is 0.795. The lowest BCUT2D eigenvalue weighted by Crippen LogP contribution is -2.13. The summed E-state index contributed by atoms with van der Waals surface area (Å²) in [7, 11) is 0. The van der Waals surface area contributed by atoms with Crippen LogP contribution < -0.4 is 5.32 Å². The normalized spacial score (nSPS) is 20.4. The van der Waals surface area contributed by atoms with Crippen molar-refractivity contribution < 1.29 is 4.74 Å². The lowest BCUT2D eigenvalue weighted by atomic mass is 10.2. The molecule has 1 aromatic rings. The second-order valence-electron chi connectivity index (χ2n) is 4.27. The van der Waals surface area contributed by atoms with Crippen molar-refractivity contribution >= 4 is 0 Å². The fraction of sp³-hybridized carbons (Fsp3) is 0.750. The first kappa shape index (κ1) is 11.6. The number of aromatic nitrogens is 2. The van der Waals surface area contributed by atoms with Crippen molar-refractivity contribution in [3.63, 3.8) is 0 Å². The van der Waals surface area contributed by atoms with Gasteiger partial charge in [0.2, 0.25) is 0 Å². The number of ether oxygens (including phenoxy) is 1. The maximum absolute atomic E-state index is 5.59. The van der Waals surface area contributed by atoms with E-state index < -0.39 is 0 Å². The third-order valence-electron chi connectivity index (χ3n) is 2.96. The Hall–Kier alpha value is -0.870. The van der Waals surface area contributed by atoms with Gasteiger partial charge in [-0.3, -0.25) is 4.68 Å². The highest BCUT2D eigenvalue weighted by atomic mass is 16.5. The maximum Gasteiger partial charge on any atom is 0.0762 e. The summed E-state index contributed by atoms with van der Waals surface area (Å²) in [6.45, 7) is 5.87. The molecule has 4 nitrogen and oxygen atoms in total. The van der Waals surface area contributed by atoms with Gasteiger partial charge in [0.15, 0.2) is 0 Å². The van der Waals surface area contributed by atoms with E-state index in [0.717, 1.165) is 38.4 Å². The first-order valence-electron chi connectivity index (χ1n) is 6.23. The van der Waals surface area contributed by atoms with Gasteiger partial charge in [-0.05, 0) is 31.9 Å². The van der Waals surface area contributed by atoms with E-state index in [-0.39, 0.29) is 0 Å². The molecule has 0 aliphatic carbocycles. The summed E-state index contributed by atoms with van der Waals surface area (Å²) in [4.78, 5) is 0. The topological polar surface area (TPSA) is 39.1 Å². The molecule has 1 N–H and O–H groups in total. The average molecular weight is 223 g/mol. The van der Waals surface area contributed by atoms with Crippen LogP contribution in [0.2, 0.25) is 0 Å². The van der Waals surface area contributed by atoms with Gasteiger partial charge in [-0.2, -0.15) is 5.10 Å². The summed E-state index contributed by atoms with van der Waals surface area (Å²) in [5, 5.41) is 7.78. The first-order valence-corrected chi connectivity index (χ1v) is 6.23. The molecule has 0 bridgehead atoms. The molecular formula is C12H21N3O. The molecule has 0 aromatic carbocycles. The molecule has 0 radical (unpaired) electrons. The van der Waals surface area contributed by atoms with Crippen molar-refractivity contribution in [2.75, 3.05) is 13.2 Å².